The highest BCUT2D eigenvalue weighted by molar-refractivity contribution is 5.88. The van der Waals surface area contributed by atoms with E-state index in [-0.39, 0.29) is 18.0 Å². The summed E-state index contributed by atoms with van der Waals surface area (Å²) in [5.41, 5.74) is 1.23. The standard InChI is InChI=1S/C16H17NO4/c1-11-14(16(19)20)9-13(21-11)10-17-15(18)8-7-12-5-3-2-4-6-12/h2-6,9H,7-8,10H2,1H3,(H,17,18)(H,19,20). The first-order valence-electron chi connectivity index (χ1n) is 6.69. The number of carbonyl (C=O) groups is 2. The van der Waals surface area contributed by atoms with E-state index in [1.165, 1.54) is 6.07 Å². The summed E-state index contributed by atoms with van der Waals surface area (Å²) in [6.07, 6.45) is 1.06. The van der Waals surface area contributed by atoms with Crippen LogP contribution in [-0.4, -0.2) is 17.0 Å². The first kappa shape index (κ1) is 14.8. The van der Waals surface area contributed by atoms with Gasteiger partial charge in [-0.05, 0) is 25.0 Å². The molecule has 21 heavy (non-hydrogen) atoms. The highest BCUT2D eigenvalue weighted by Crippen LogP contribution is 2.14. The van der Waals surface area contributed by atoms with Gasteiger partial charge in [0.25, 0.3) is 0 Å². The van der Waals surface area contributed by atoms with E-state index in [0.29, 0.717) is 24.4 Å². The van der Waals surface area contributed by atoms with Crippen molar-refractivity contribution < 1.29 is 19.1 Å². The molecule has 1 heterocycles. The summed E-state index contributed by atoms with van der Waals surface area (Å²) in [5, 5.41) is 11.6. The van der Waals surface area contributed by atoms with Crippen LogP contribution in [0.15, 0.2) is 40.8 Å². The first-order chi connectivity index (χ1) is 10.1. The Hall–Kier alpha value is -2.56. The molecule has 0 bridgehead atoms. The molecule has 0 unspecified atom stereocenters. The van der Waals surface area contributed by atoms with Crippen molar-refractivity contribution in [3.05, 3.63) is 59.0 Å². The highest BCUT2D eigenvalue weighted by Gasteiger charge is 2.14. The molecule has 0 spiro atoms. The second kappa shape index (κ2) is 6.74. The number of aromatic carboxylic acids is 1. The van der Waals surface area contributed by atoms with E-state index in [0.717, 1.165) is 5.56 Å². The smallest absolute Gasteiger partial charge is 0.339 e. The Morgan fingerprint density at radius 1 is 1.24 bits per heavy atom. The van der Waals surface area contributed by atoms with Crippen LogP contribution >= 0.6 is 0 Å². The van der Waals surface area contributed by atoms with Gasteiger partial charge in [0, 0.05) is 6.42 Å². The van der Waals surface area contributed by atoms with E-state index in [4.69, 9.17) is 9.52 Å². The van der Waals surface area contributed by atoms with Gasteiger partial charge in [0.15, 0.2) is 0 Å². The van der Waals surface area contributed by atoms with Gasteiger partial charge in [-0.25, -0.2) is 4.79 Å². The molecule has 1 aromatic heterocycles. The molecule has 0 fully saturated rings. The lowest BCUT2D eigenvalue weighted by Crippen LogP contribution is -2.22. The highest BCUT2D eigenvalue weighted by atomic mass is 16.4. The molecule has 110 valence electrons. The zero-order valence-corrected chi connectivity index (χ0v) is 11.8. The molecule has 5 heteroatoms. The summed E-state index contributed by atoms with van der Waals surface area (Å²) < 4.78 is 5.29. The van der Waals surface area contributed by atoms with E-state index in [2.05, 4.69) is 5.32 Å². The molecule has 0 aliphatic heterocycles. The molecule has 2 rings (SSSR count). The maximum Gasteiger partial charge on any atom is 0.339 e. The molecule has 0 saturated heterocycles. The zero-order chi connectivity index (χ0) is 15.2. The Labute approximate surface area is 122 Å². The maximum absolute atomic E-state index is 11.7. The van der Waals surface area contributed by atoms with Crippen LogP contribution in [0.25, 0.3) is 0 Å². The fourth-order valence-corrected chi connectivity index (χ4v) is 2.02. The molecule has 5 nitrogen and oxygen atoms in total. The van der Waals surface area contributed by atoms with Crippen molar-refractivity contribution in [2.75, 3.05) is 0 Å². The Morgan fingerprint density at radius 3 is 2.57 bits per heavy atom. The van der Waals surface area contributed by atoms with Crippen molar-refractivity contribution in [2.24, 2.45) is 0 Å². The van der Waals surface area contributed by atoms with Crippen LogP contribution in [0.4, 0.5) is 0 Å². The Morgan fingerprint density at radius 2 is 1.95 bits per heavy atom. The minimum absolute atomic E-state index is 0.0928. The quantitative estimate of drug-likeness (QED) is 0.855. The van der Waals surface area contributed by atoms with Crippen LogP contribution in [-0.2, 0) is 17.8 Å². The summed E-state index contributed by atoms with van der Waals surface area (Å²) in [4.78, 5) is 22.6. The van der Waals surface area contributed by atoms with Crippen molar-refractivity contribution in [3.63, 3.8) is 0 Å². The Bertz CT molecular complexity index is 631. The minimum Gasteiger partial charge on any atom is -0.478 e. The lowest BCUT2D eigenvalue weighted by Gasteiger charge is -2.03. The molecule has 0 saturated carbocycles. The second-order valence-electron chi connectivity index (χ2n) is 4.75. The van der Waals surface area contributed by atoms with Crippen molar-refractivity contribution in [3.8, 4) is 0 Å². The zero-order valence-electron chi connectivity index (χ0n) is 11.8. The predicted molar refractivity (Wildman–Crippen MR) is 77.0 cm³/mol. The fourth-order valence-electron chi connectivity index (χ4n) is 2.02. The summed E-state index contributed by atoms with van der Waals surface area (Å²) in [6.45, 7) is 1.78. The third-order valence-electron chi connectivity index (χ3n) is 3.14. The molecule has 2 N–H and O–H groups in total. The van der Waals surface area contributed by atoms with E-state index in [1.807, 2.05) is 30.3 Å². The normalized spacial score (nSPS) is 10.3. The Balaban J connectivity index is 1.81. The number of hydrogen-bond donors (Lipinski definition) is 2. The van der Waals surface area contributed by atoms with Gasteiger partial charge in [-0.1, -0.05) is 30.3 Å². The van der Waals surface area contributed by atoms with Crippen LogP contribution in [0.1, 0.15) is 33.9 Å². The topological polar surface area (TPSA) is 79.5 Å². The largest absolute Gasteiger partial charge is 0.478 e. The summed E-state index contributed by atoms with van der Waals surface area (Å²) >= 11 is 0. The SMILES string of the molecule is Cc1oc(CNC(=O)CCc2ccccc2)cc1C(=O)O. The second-order valence-corrected chi connectivity index (χ2v) is 4.75. The van der Waals surface area contributed by atoms with Gasteiger partial charge in [-0.15, -0.1) is 0 Å². The van der Waals surface area contributed by atoms with Crippen LogP contribution in [0.3, 0.4) is 0 Å². The number of nitrogens with one attached hydrogen (secondary N) is 1. The third-order valence-corrected chi connectivity index (χ3v) is 3.14. The molecule has 0 aliphatic carbocycles. The predicted octanol–water partition coefficient (Wildman–Crippen LogP) is 2.54. The van der Waals surface area contributed by atoms with Gasteiger partial charge in [0.05, 0.1) is 6.54 Å². The molecular weight excluding hydrogens is 270 g/mol. The minimum atomic E-state index is -1.03. The van der Waals surface area contributed by atoms with Crippen LogP contribution in [0, 0.1) is 6.92 Å². The molecule has 0 atom stereocenters. The van der Waals surface area contributed by atoms with E-state index in [1.54, 1.807) is 6.92 Å². The van der Waals surface area contributed by atoms with Crippen molar-refractivity contribution in [2.45, 2.75) is 26.3 Å². The van der Waals surface area contributed by atoms with Gasteiger partial charge in [0.2, 0.25) is 5.91 Å². The molecule has 1 aromatic carbocycles. The molecule has 0 radical (unpaired) electrons. The summed E-state index contributed by atoms with van der Waals surface area (Å²) in [5.74, 6) is -0.336. The van der Waals surface area contributed by atoms with Crippen molar-refractivity contribution in [1.29, 1.82) is 0 Å². The van der Waals surface area contributed by atoms with Gasteiger partial charge in [0.1, 0.15) is 17.1 Å². The van der Waals surface area contributed by atoms with Crippen LogP contribution < -0.4 is 5.32 Å². The molecule has 0 aliphatic rings. The van der Waals surface area contributed by atoms with Gasteiger partial charge < -0.3 is 14.8 Å². The van der Waals surface area contributed by atoms with Crippen LogP contribution in [0.2, 0.25) is 0 Å². The number of hydrogen-bond acceptors (Lipinski definition) is 3. The number of carboxylic acids is 1. The number of benzene rings is 1. The van der Waals surface area contributed by atoms with E-state index < -0.39 is 5.97 Å². The number of carboxylic acid groups (broad SMARTS) is 1. The van der Waals surface area contributed by atoms with Crippen molar-refractivity contribution in [1.82, 2.24) is 5.32 Å². The van der Waals surface area contributed by atoms with Gasteiger partial charge in [-0.2, -0.15) is 0 Å². The number of aryl methyl sites for hydroxylation is 2. The van der Waals surface area contributed by atoms with E-state index >= 15 is 0 Å². The summed E-state index contributed by atoms with van der Waals surface area (Å²) in [7, 11) is 0. The monoisotopic (exact) mass is 287 g/mol. The van der Waals surface area contributed by atoms with E-state index in [9.17, 15) is 9.59 Å². The first-order valence-corrected chi connectivity index (χ1v) is 6.69. The average molecular weight is 287 g/mol. The number of carbonyl (C=O) groups excluding carboxylic acids is 1. The number of rotatable bonds is 6. The number of furan rings is 1. The molecule has 2 aromatic rings. The van der Waals surface area contributed by atoms with Gasteiger partial charge in [-0.3, -0.25) is 4.79 Å². The third kappa shape index (κ3) is 4.21. The molecule has 1 amide bonds. The lowest BCUT2D eigenvalue weighted by atomic mass is 10.1. The summed E-state index contributed by atoms with van der Waals surface area (Å²) in [6, 6.07) is 11.2. The van der Waals surface area contributed by atoms with Gasteiger partial charge >= 0.3 is 5.97 Å². The average Bonchev–Trinajstić information content (AvgIpc) is 2.85. The lowest BCUT2D eigenvalue weighted by molar-refractivity contribution is -0.121. The fraction of sp³-hybridized carbons (Fsp3) is 0.250. The van der Waals surface area contributed by atoms with Crippen LogP contribution in [0.5, 0.6) is 0 Å². The Kier molecular flexibility index (Phi) is 4.77. The van der Waals surface area contributed by atoms with Crippen molar-refractivity contribution >= 4 is 11.9 Å². The maximum atomic E-state index is 11.7. The molecular formula is C16H17NO4. The number of amides is 1.